The zero-order valence-electron chi connectivity index (χ0n) is 10.7. The molecule has 0 amide bonds. The summed E-state index contributed by atoms with van der Waals surface area (Å²) in [5.41, 5.74) is 1.07. The third kappa shape index (κ3) is 2.67. The lowest BCUT2D eigenvalue weighted by molar-refractivity contribution is 0.0782. The third-order valence-electron chi connectivity index (χ3n) is 3.72. The summed E-state index contributed by atoms with van der Waals surface area (Å²) in [5.74, 6) is 0.455. The van der Waals surface area contributed by atoms with Gasteiger partial charge in [0.1, 0.15) is 0 Å². The van der Waals surface area contributed by atoms with E-state index in [1.54, 1.807) is 0 Å². The molecule has 0 spiro atoms. The molecular formula is C14H19Cl2NO. The van der Waals surface area contributed by atoms with Crippen molar-refractivity contribution in [1.29, 1.82) is 0 Å². The van der Waals surface area contributed by atoms with E-state index in [1.165, 1.54) is 0 Å². The molecule has 0 aromatic heterocycles. The second-order valence-corrected chi connectivity index (χ2v) is 5.46. The second-order valence-electron chi connectivity index (χ2n) is 4.68. The highest BCUT2D eigenvalue weighted by Crippen LogP contribution is 2.39. The molecule has 3 atom stereocenters. The summed E-state index contributed by atoms with van der Waals surface area (Å²) >= 11 is 12.4. The minimum Gasteiger partial charge on any atom is -0.378 e. The van der Waals surface area contributed by atoms with Crippen LogP contribution in [-0.4, -0.2) is 19.8 Å². The van der Waals surface area contributed by atoms with Gasteiger partial charge in [-0.2, -0.15) is 0 Å². The first-order valence-electron chi connectivity index (χ1n) is 6.41. The zero-order chi connectivity index (χ0) is 13.1. The van der Waals surface area contributed by atoms with Crippen LogP contribution in [0.4, 0.5) is 0 Å². The Morgan fingerprint density at radius 3 is 2.89 bits per heavy atom. The van der Waals surface area contributed by atoms with E-state index in [0.717, 1.165) is 25.0 Å². The Bertz CT molecular complexity index is 411. The molecule has 1 aliphatic rings. The lowest BCUT2D eigenvalue weighted by atomic mass is 9.87. The molecule has 4 heteroatoms. The Balaban J connectivity index is 2.30. The average Bonchev–Trinajstić information content (AvgIpc) is 2.83. The van der Waals surface area contributed by atoms with Gasteiger partial charge in [-0.25, -0.2) is 0 Å². The van der Waals surface area contributed by atoms with Crippen molar-refractivity contribution in [3.63, 3.8) is 0 Å². The molecule has 1 aromatic rings. The summed E-state index contributed by atoms with van der Waals surface area (Å²) in [4.78, 5) is 0. The number of hydrogen-bond donors (Lipinski definition) is 1. The topological polar surface area (TPSA) is 21.3 Å². The number of benzene rings is 1. The van der Waals surface area contributed by atoms with Crippen LogP contribution in [0.1, 0.15) is 31.4 Å². The molecule has 2 nitrogen and oxygen atoms in total. The third-order valence-corrected chi connectivity index (χ3v) is 4.55. The summed E-state index contributed by atoms with van der Waals surface area (Å²) in [6.45, 7) is 2.99. The van der Waals surface area contributed by atoms with Crippen molar-refractivity contribution in [2.24, 2.45) is 5.92 Å². The number of rotatable bonds is 4. The van der Waals surface area contributed by atoms with Crippen LogP contribution in [-0.2, 0) is 4.74 Å². The van der Waals surface area contributed by atoms with Crippen LogP contribution in [0, 0.1) is 5.92 Å². The average molecular weight is 288 g/mol. The zero-order valence-corrected chi connectivity index (χ0v) is 12.3. The fourth-order valence-corrected chi connectivity index (χ4v) is 3.25. The number of ether oxygens (including phenoxy) is 1. The molecule has 0 saturated carbocycles. The van der Waals surface area contributed by atoms with E-state index in [4.69, 9.17) is 27.9 Å². The van der Waals surface area contributed by atoms with Gasteiger partial charge in [-0.15, -0.1) is 0 Å². The minimum atomic E-state index is 0.198. The Morgan fingerprint density at radius 1 is 1.44 bits per heavy atom. The van der Waals surface area contributed by atoms with Gasteiger partial charge in [0, 0.05) is 18.6 Å². The Kier molecular flexibility index (Phi) is 4.91. The minimum absolute atomic E-state index is 0.198. The van der Waals surface area contributed by atoms with Gasteiger partial charge in [-0.05, 0) is 31.5 Å². The lowest BCUT2D eigenvalue weighted by Crippen LogP contribution is -2.30. The molecule has 0 aliphatic carbocycles. The number of halogens is 2. The summed E-state index contributed by atoms with van der Waals surface area (Å²) < 4.78 is 5.77. The van der Waals surface area contributed by atoms with Gasteiger partial charge < -0.3 is 10.1 Å². The molecule has 2 rings (SSSR count). The standard InChI is InChI=1S/C14H19Cl2NO/c1-3-12-9(7-8-18-12)14(17-2)10-5-4-6-11(15)13(10)16/h4-6,9,12,14,17H,3,7-8H2,1-2H3. The highest BCUT2D eigenvalue weighted by Gasteiger charge is 2.34. The van der Waals surface area contributed by atoms with Crippen molar-refractivity contribution in [2.75, 3.05) is 13.7 Å². The molecule has 1 heterocycles. The van der Waals surface area contributed by atoms with Crippen molar-refractivity contribution >= 4 is 23.2 Å². The highest BCUT2D eigenvalue weighted by molar-refractivity contribution is 6.42. The van der Waals surface area contributed by atoms with E-state index >= 15 is 0 Å². The van der Waals surface area contributed by atoms with Crippen LogP contribution in [0.2, 0.25) is 10.0 Å². The van der Waals surface area contributed by atoms with Crippen LogP contribution < -0.4 is 5.32 Å². The van der Waals surface area contributed by atoms with Crippen LogP contribution in [0.15, 0.2) is 18.2 Å². The smallest absolute Gasteiger partial charge is 0.0640 e. The molecule has 1 saturated heterocycles. The van der Waals surface area contributed by atoms with E-state index < -0.39 is 0 Å². The molecule has 0 bridgehead atoms. The summed E-state index contributed by atoms with van der Waals surface area (Å²) in [7, 11) is 1.97. The van der Waals surface area contributed by atoms with Gasteiger partial charge in [0.15, 0.2) is 0 Å². The molecule has 100 valence electrons. The maximum atomic E-state index is 6.32. The van der Waals surface area contributed by atoms with E-state index in [-0.39, 0.29) is 6.04 Å². The maximum absolute atomic E-state index is 6.32. The van der Waals surface area contributed by atoms with Crippen LogP contribution >= 0.6 is 23.2 Å². The fourth-order valence-electron chi connectivity index (χ4n) is 2.83. The van der Waals surface area contributed by atoms with E-state index in [0.29, 0.717) is 22.1 Å². The fraction of sp³-hybridized carbons (Fsp3) is 0.571. The number of hydrogen-bond acceptors (Lipinski definition) is 2. The first-order chi connectivity index (χ1) is 8.69. The predicted molar refractivity (Wildman–Crippen MR) is 76.4 cm³/mol. The summed E-state index contributed by atoms with van der Waals surface area (Å²) in [5, 5.41) is 4.63. The monoisotopic (exact) mass is 287 g/mol. The Hall–Kier alpha value is -0.280. The van der Waals surface area contributed by atoms with Gasteiger partial charge in [0.05, 0.1) is 16.1 Å². The van der Waals surface area contributed by atoms with Crippen molar-refractivity contribution in [2.45, 2.75) is 31.9 Å². The van der Waals surface area contributed by atoms with Crippen molar-refractivity contribution in [1.82, 2.24) is 5.32 Å². The second kappa shape index (κ2) is 6.25. The van der Waals surface area contributed by atoms with Gasteiger partial charge in [0.25, 0.3) is 0 Å². The molecule has 1 N–H and O–H groups in total. The molecule has 1 aliphatic heterocycles. The molecule has 1 fully saturated rings. The first-order valence-corrected chi connectivity index (χ1v) is 7.17. The number of nitrogens with one attached hydrogen (secondary N) is 1. The largest absolute Gasteiger partial charge is 0.378 e. The molecular weight excluding hydrogens is 269 g/mol. The molecule has 1 aromatic carbocycles. The summed E-state index contributed by atoms with van der Waals surface area (Å²) in [6, 6.07) is 6.01. The first kappa shape index (κ1) is 14.1. The molecule has 18 heavy (non-hydrogen) atoms. The highest BCUT2D eigenvalue weighted by atomic mass is 35.5. The van der Waals surface area contributed by atoms with Crippen LogP contribution in [0.3, 0.4) is 0 Å². The van der Waals surface area contributed by atoms with Crippen molar-refractivity contribution < 1.29 is 4.74 Å². The quantitative estimate of drug-likeness (QED) is 0.901. The maximum Gasteiger partial charge on any atom is 0.0640 e. The van der Waals surface area contributed by atoms with Crippen LogP contribution in [0.5, 0.6) is 0 Å². The van der Waals surface area contributed by atoms with E-state index in [9.17, 15) is 0 Å². The van der Waals surface area contributed by atoms with Crippen molar-refractivity contribution in [3.05, 3.63) is 33.8 Å². The van der Waals surface area contributed by atoms with Gasteiger partial charge in [-0.1, -0.05) is 42.3 Å². The summed E-state index contributed by atoms with van der Waals surface area (Å²) in [6.07, 6.45) is 2.39. The van der Waals surface area contributed by atoms with Gasteiger partial charge >= 0.3 is 0 Å². The molecule has 0 radical (unpaired) electrons. The lowest BCUT2D eigenvalue weighted by Gasteiger charge is -2.28. The van der Waals surface area contributed by atoms with Crippen molar-refractivity contribution in [3.8, 4) is 0 Å². The van der Waals surface area contributed by atoms with Gasteiger partial charge in [0.2, 0.25) is 0 Å². The van der Waals surface area contributed by atoms with E-state index in [1.807, 2.05) is 25.2 Å². The SMILES string of the molecule is CCC1OCCC1C(NC)c1cccc(Cl)c1Cl. The van der Waals surface area contributed by atoms with Crippen LogP contribution in [0.25, 0.3) is 0 Å². The Labute approximate surface area is 119 Å². The predicted octanol–water partition coefficient (Wildman–Crippen LogP) is 4.07. The normalized spacial score (nSPS) is 25.3. The van der Waals surface area contributed by atoms with Gasteiger partial charge in [-0.3, -0.25) is 0 Å². The van der Waals surface area contributed by atoms with E-state index in [2.05, 4.69) is 12.2 Å². The Morgan fingerprint density at radius 2 is 2.22 bits per heavy atom. The molecule has 3 unspecified atom stereocenters.